The number of nitrogens with zero attached hydrogens (tertiary/aromatic N) is 6. The number of piperidine rings is 1. The highest BCUT2D eigenvalue weighted by Gasteiger charge is 2.28. The van der Waals surface area contributed by atoms with E-state index in [-0.39, 0.29) is 29.8 Å². The number of hydrogen-bond acceptors (Lipinski definition) is 8. The van der Waals surface area contributed by atoms with Crippen molar-refractivity contribution in [1.29, 1.82) is 0 Å². The van der Waals surface area contributed by atoms with Crippen molar-refractivity contribution in [3.63, 3.8) is 0 Å². The van der Waals surface area contributed by atoms with Gasteiger partial charge >= 0.3 is 5.97 Å². The lowest BCUT2D eigenvalue weighted by Crippen LogP contribution is -2.41. The van der Waals surface area contributed by atoms with E-state index in [1.807, 2.05) is 55.5 Å². The summed E-state index contributed by atoms with van der Waals surface area (Å²) < 4.78 is 6.92. The van der Waals surface area contributed by atoms with Crippen LogP contribution in [0, 0.1) is 12.8 Å². The Hall–Kier alpha value is -4.67. The van der Waals surface area contributed by atoms with E-state index in [4.69, 9.17) is 9.72 Å². The minimum Gasteiger partial charge on any atom is -0.466 e. The molecule has 0 unspecified atom stereocenters. The first-order valence-corrected chi connectivity index (χ1v) is 15.9. The predicted molar refractivity (Wildman–Crippen MR) is 170 cm³/mol. The van der Waals surface area contributed by atoms with Crippen LogP contribution in [0.1, 0.15) is 68.6 Å². The molecular formula is C34H41N7O4. The number of nitrogens with one attached hydrogen (secondary N) is 1. The van der Waals surface area contributed by atoms with Crippen molar-refractivity contribution in [2.45, 2.75) is 72.3 Å². The molecule has 1 fully saturated rings. The minimum absolute atomic E-state index is 0.00491. The molecule has 5 rings (SSSR count). The van der Waals surface area contributed by atoms with Crippen LogP contribution in [-0.2, 0) is 33.7 Å². The fourth-order valence-electron chi connectivity index (χ4n) is 5.93. The number of carbonyl (C=O) groups excluding carboxylic acids is 2. The zero-order chi connectivity index (χ0) is 31.8. The maximum atomic E-state index is 13.9. The van der Waals surface area contributed by atoms with Gasteiger partial charge < -0.3 is 9.64 Å². The first kappa shape index (κ1) is 31.7. The molecule has 11 nitrogen and oxygen atoms in total. The molecule has 4 aromatic rings. The van der Waals surface area contributed by atoms with Crippen molar-refractivity contribution in [1.82, 2.24) is 35.1 Å². The lowest BCUT2D eigenvalue weighted by atomic mass is 9.96. The summed E-state index contributed by atoms with van der Waals surface area (Å²) in [6, 6.07) is 16.1. The summed E-state index contributed by atoms with van der Waals surface area (Å²) in [7, 11) is 0. The second-order valence-corrected chi connectivity index (χ2v) is 11.5. The highest BCUT2D eigenvalue weighted by molar-refractivity contribution is 5.80. The second kappa shape index (κ2) is 14.9. The van der Waals surface area contributed by atoms with E-state index in [0.29, 0.717) is 69.0 Å². The molecule has 11 heteroatoms. The maximum absolute atomic E-state index is 13.9. The van der Waals surface area contributed by atoms with Crippen molar-refractivity contribution in [3.8, 4) is 22.5 Å². The molecule has 236 valence electrons. The number of unbranched alkanes of at least 4 members (excludes halogenated alkanes) is 1. The number of H-pyrrole nitrogens is 1. The van der Waals surface area contributed by atoms with Crippen molar-refractivity contribution >= 4 is 11.9 Å². The molecular weight excluding hydrogens is 570 g/mol. The molecule has 2 aromatic heterocycles. The van der Waals surface area contributed by atoms with Gasteiger partial charge in [0.2, 0.25) is 5.91 Å². The van der Waals surface area contributed by atoms with E-state index >= 15 is 0 Å². The molecule has 1 N–H and O–H groups in total. The fourth-order valence-corrected chi connectivity index (χ4v) is 5.93. The number of benzene rings is 2. The second-order valence-electron chi connectivity index (χ2n) is 11.5. The first-order valence-electron chi connectivity index (χ1n) is 15.9. The van der Waals surface area contributed by atoms with E-state index in [0.717, 1.165) is 40.9 Å². The van der Waals surface area contributed by atoms with Crippen molar-refractivity contribution in [2.24, 2.45) is 5.92 Å². The first-order chi connectivity index (χ1) is 21.9. The van der Waals surface area contributed by atoms with Crippen molar-refractivity contribution in [3.05, 3.63) is 81.5 Å². The molecule has 3 heterocycles. The molecule has 0 bridgehead atoms. The van der Waals surface area contributed by atoms with E-state index in [9.17, 15) is 14.4 Å². The monoisotopic (exact) mass is 611 g/mol. The van der Waals surface area contributed by atoms with Gasteiger partial charge in [0, 0.05) is 42.8 Å². The molecule has 1 amide bonds. The number of hydrogen-bond donors (Lipinski definition) is 1. The third-order valence-electron chi connectivity index (χ3n) is 8.49. The molecule has 0 atom stereocenters. The van der Waals surface area contributed by atoms with Gasteiger partial charge in [-0.3, -0.25) is 19.0 Å². The summed E-state index contributed by atoms with van der Waals surface area (Å²) in [5.74, 6) is 1.02. The Morgan fingerprint density at radius 1 is 1.00 bits per heavy atom. The van der Waals surface area contributed by atoms with E-state index in [1.165, 1.54) is 0 Å². The van der Waals surface area contributed by atoms with Crippen LogP contribution in [0.2, 0.25) is 0 Å². The number of tetrazole rings is 1. The Balaban J connectivity index is 1.32. The zero-order valence-electron chi connectivity index (χ0n) is 26.3. The zero-order valence-corrected chi connectivity index (χ0v) is 26.3. The third kappa shape index (κ3) is 7.53. The number of aromatic amines is 1. The van der Waals surface area contributed by atoms with Gasteiger partial charge in [0.1, 0.15) is 5.82 Å². The molecule has 1 saturated heterocycles. The average molecular weight is 612 g/mol. The van der Waals surface area contributed by atoms with Crippen LogP contribution in [0.5, 0.6) is 0 Å². The number of esters is 1. The third-order valence-corrected chi connectivity index (χ3v) is 8.49. The maximum Gasteiger partial charge on any atom is 0.309 e. The number of rotatable bonds is 12. The number of aryl methyl sites for hydroxylation is 2. The largest absolute Gasteiger partial charge is 0.466 e. The summed E-state index contributed by atoms with van der Waals surface area (Å²) >= 11 is 0. The summed E-state index contributed by atoms with van der Waals surface area (Å²) in [4.78, 5) is 45.8. The summed E-state index contributed by atoms with van der Waals surface area (Å²) in [6.45, 7) is 7.59. The Kier molecular flexibility index (Phi) is 10.5. The molecule has 2 aromatic carbocycles. The van der Waals surface area contributed by atoms with Crippen molar-refractivity contribution in [2.75, 3.05) is 19.7 Å². The summed E-state index contributed by atoms with van der Waals surface area (Å²) in [5, 5.41) is 14.3. The summed E-state index contributed by atoms with van der Waals surface area (Å²) in [6.07, 6.45) is 4.39. The van der Waals surface area contributed by atoms with Gasteiger partial charge in [0.25, 0.3) is 5.56 Å². The molecule has 0 aliphatic carbocycles. The highest BCUT2D eigenvalue weighted by Crippen LogP contribution is 2.30. The molecule has 0 radical (unpaired) electrons. The van der Waals surface area contributed by atoms with Crippen LogP contribution >= 0.6 is 0 Å². The van der Waals surface area contributed by atoms with Crippen LogP contribution in [0.25, 0.3) is 22.5 Å². The normalized spacial score (nSPS) is 13.6. The molecule has 1 aliphatic heterocycles. The van der Waals surface area contributed by atoms with Gasteiger partial charge in [-0.25, -0.2) is 10.1 Å². The Morgan fingerprint density at radius 2 is 1.73 bits per heavy atom. The number of amides is 1. The Bertz CT molecular complexity index is 1660. The molecule has 0 saturated carbocycles. The highest BCUT2D eigenvalue weighted by atomic mass is 16.5. The number of carbonyl (C=O) groups is 2. The fraction of sp³-hybridized carbons (Fsp3) is 0.441. The standard InChI is InChI=1S/C34H41N7O4/c1-4-6-11-30-35-23(3)27(16-17-31(42)40-20-18-26(19-21-40)34(44)45-5-2)33(43)41(30)22-24-12-14-25(15-13-24)28-9-7-8-10-29(28)32-36-38-39-37-32/h7-10,12-15,26H,4-6,11,16-22H2,1-3H3,(H,36,37,38,39). The van der Waals surface area contributed by atoms with Crippen LogP contribution in [-0.4, -0.2) is 66.6 Å². The number of aromatic nitrogens is 6. The van der Waals surface area contributed by atoms with Crippen LogP contribution < -0.4 is 5.56 Å². The number of likely N-dealkylation sites (tertiary alicyclic amines) is 1. The predicted octanol–water partition coefficient (Wildman–Crippen LogP) is 4.52. The van der Waals surface area contributed by atoms with Crippen LogP contribution in [0.3, 0.4) is 0 Å². The van der Waals surface area contributed by atoms with Gasteiger partial charge in [0.05, 0.1) is 19.1 Å². The lowest BCUT2D eigenvalue weighted by molar-refractivity contribution is -0.151. The van der Waals surface area contributed by atoms with Gasteiger partial charge in [-0.2, -0.15) is 0 Å². The van der Waals surface area contributed by atoms with Crippen molar-refractivity contribution < 1.29 is 14.3 Å². The van der Waals surface area contributed by atoms with E-state index in [1.54, 1.807) is 16.4 Å². The van der Waals surface area contributed by atoms with Gasteiger partial charge in [-0.05, 0) is 66.6 Å². The molecule has 0 spiro atoms. The minimum atomic E-state index is -0.182. The van der Waals surface area contributed by atoms with Crippen LogP contribution in [0.15, 0.2) is 53.3 Å². The quantitative estimate of drug-likeness (QED) is 0.231. The van der Waals surface area contributed by atoms with Gasteiger partial charge in [-0.15, -0.1) is 5.10 Å². The van der Waals surface area contributed by atoms with E-state index < -0.39 is 0 Å². The molecule has 1 aliphatic rings. The Morgan fingerprint density at radius 3 is 2.40 bits per heavy atom. The smallest absolute Gasteiger partial charge is 0.309 e. The van der Waals surface area contributed by atoms with Gasteiger partial charge in [-0.1, -0.05) is 61.9 Å². The topological polar surface area (TPSA) is 136 Å². The summed E-state index contributed by atoms with van der Waals surface area (Å²) in [5.41, 5.74) is 5.07. The molecule has 45 heavy (non-hydrogen) atoms. The Labute approximate surface area is 263 Å². The SMILES string of the molecule is CCCCc1nc(C)c(CCC(=O)N2CCC(C(=O)OCC)CC2)c(=O)n1Cc1ccc(-c2ccccc2-c2nnn[nH]2)cc1. The number of ether oxygens (including phenoxy) is 1. The van der Waals surface area contributed by atoms with E-state index in [2.05, 4.69) is 27.5 Å². The van der Waals surface area contributed by atoms with Crippen LogP contribution in [0.4, 0.5) is 0 Å². The lowest BCUT2D eigenvalue weighted by Gasteiger charge is -2.31. The average Bonchev–Trinajstić information content (AvgIpc) is 3.61. The van der Waals surface area contributed by atoms with Gasteiger partial charge in [0.15, 0.2) is 5.82 Å².